The van der Waals surface area contributed by atoms with E-state index in [4.69, 9.17) is 5.11 Å². The van der Waals surface area contributed by atoms with Gasteiger partial charge in [-0.05, 0) is 38.0 Å². The van der Waals surface area contributed by atoms with E-state index in [0.717, 1.165) is 0 Å². The van der Waals surface area contributed by atoms with Crippen molar-refractivity contribution in [2.75, 3.05) is 6.61 Å². The Morgan fingerprint density at radius 3 is 2.13 bits per heavy atom. The first-order valence-corrected chi connectivity index (χ1v) is 5.09. The fourth-order valence-electron chi connectivity index (χ4n) is 1.38. The van der Waals surface area contributed by atoms with E-state index in [0.29, 0.717) is 32.1 Å². The van der Waals surface area contributed by atoms with Crippen molar-refractivity contribution >= 4 is 11.9 Å². The van der Waals surface area contributed by atoms with Gasteiger partial charge < -0.3 is 24.9 Å². The molecule has 5 heteroatoms. The van der Waals surface area contributed by atoms with Crippen LogP contribution >= 0.6 is 0 Å². The van der Waals surface area contributed by atoms with Gasteiger partial charge in [-0.25, -0.2) is 0 Å². The topological polar surface area (TPSA) is 100 Å². The highest BCUT2D eigenvalue weighted by molar-refractivity contribution is 5.68. The molecule has 0 aliphatic rings. The summed E-state index contributed by atoms with van der Waals surface area (Å²) in [6.45, 7) is 0.0405. The van der Waals surface area contributed by atoms with Crippen molar-refractivity contribution in [3.8, 4) is 0 Å². The molecule has 0 aromatic heterocycles. The van der Waals surface area contributed by atoms with Gasteiger partial charge >= 0.3 is 0 Å². The van der Waals surface area contributed by atoms with Crippen LogP contribution in [0.25, 0.3) is 0 Å². The van der Waals surface area contributed by atoms with E-state index < -0.39 is 17.9 Å². The van der Waals surface area contributed by atoms with Gasteiger partial charge in [0.25, 0.3) is 0 Å². The van der Waals surface area contributed by atoms with E-state index in [9.17, 15) is 19.8 Å². The van der Waals surface area contributed by atoms with Crippen molar-refractivity contribution in [3.05, 3.63) is 0 Å². The summed E-state index contributed by atoms with van der Waals surface area (Å²) in [5, 5.41) is 29.3. The number of aliphatic carboxylic acids is 2. The molecular weight excluding hydrogens is 200 g/mol. The van der Waals surface area contributed by atoms with E-state index in [-0.39, 0.29) is 13.0 Å². The lowest BCUT2D eigenvalue weighted by Gasteiger charge is -2.17. The summed E-state index contributed by atoms with van der Waals surface area (Å²) in [4.78, 5) is 20.7. The zero-order valence-electron chi connectivity index (χ0n) is 8.61. The normalized spacial score (nSPS) is 12.3. The van der Waals surface area contributed by atoms with Gasteiger partial charge in [-0.3, -0.25) is 0 Å². The number of aliphatic hydroxyl groups is 1. The molecular formula is C10H16O5-2. The van der Waals surface area contributed by atoms with Gasteiger partial charge in [-0.1, -0.05) is 6.42 Å². The molecule has 88 valence electrons. The molecule has 0 amide bonds. The van der Waals surface area contributed by atoms with Gasteiger partial charge in [0.05, 0.1) is 0 Å². The number of hydrogen-bond donors (Lipinski definition) is 1. The molecule has 0 radical (unpaired) electrons. The molecule has 0 fully saturated rings. The Kier molecular flexibility index (Phi) is 7.62. The monoisotopic (exact) mass is 216 g/mol. The van der Waals surface area contributed by atoms with Crippen molar-refractivity contribution in [1.29, 1.82) is 0 Å². The molecule has 1 N–H and O–H groups in total. The molecule has 0 rings (SSSR count). The first kappa shape index (κ1) is 13.9. The van der Waals surface area contributed by atoms with Gasteiger partial charge in [-0.15, -0.1) is 0 Å². The molecule has 0 saturated carbocycles. The fourth-order valence-corrected chi connectivity index (χ4v) is 1.38. The maximum atomic E-state index is 10.6. The predicted molar refractivity (Wildman–Crippen MR) is 48.3 cm³/mol. The summed E-state index contributed by atoms with van der Waals surface area (Å²) in [5.41, 5.74) is 0. The van der Waals surface area contributed by atoms with E-state index in [1.165, 1.54) is 0 Å². The zero-order valence-corrected chi connectivity index (χ0v) is 8.61. The smallest absolute Gasteiger partial charge is 0.0445 e. The van der Waals surface area contributed by atoms with Crippen LogP contribution in [0.1, 0.15) is 38.5 Å². The van der Waals surface area contributed by atoms with Gasteiger partial charge in [-0.2, -0.15) is 0 Å². The summed E-state index contributed by atoms with van der Waals surface area (Å²) in [6, 6.07) is 0. The molecule has 1 atom stereocenters. The first-order valence-electron chi connectivity index (χ1n) is 5.09. The molecule has 15 heavy (non-hydrogen) atoms. The van der Waals surface area contributed by atoms with E-state index in [1.807, 2.05) is 0 Å². The van der Waals surface area contributed by atoms with Crippen LogP contribution in [0.4, 0.5) is 0 Å². The van der Waals surface area contributed by atoms with Crippen LogP contribution in [0.5, 0.6) is 0 Å². The van der Waals surface area contributed by atoms with Crippen molar-refractivity contribution in [2.45, 2.75) is 38.5 Å². The van der Waals surface area contributed by atoms with Crippen LogP contribution in [0.15, 0.2) is 0 Å². The number of carboxylic acids is 2. The highest BCUT2D eigenvalue weighted by Gasteiger charge is 2.09. The number of carbonyl (C=O) groups is 2. The molecule has 0 saturated heterocycles. The summed E-state index contributed by atoms with van der Waals surface area (Å²) < 4.78 is 0. The van der Waals surface area contributed by atoms with Crippen molar-refractivity contribution < 1.29 is 24.9 Å². The Morgan fingerprint density at radius 2 is 1.67 bits per heavy atom. The van der Waals surface area contributed by atoms with Crippen LogP contribution in [0, 0.1) is 5.92 Å². The molecule has 5 nitrogen and oxygen atoms in total. The van der Waals surface area contributed by atoms with Crippen LogP contribution in [-0.2, 0) is 9.59 Å². The molecule has 0 spiro atoms. The second kappa shape index (κ2) is 8.23. The summed E-state index contributed by atoms with van der Waals surface area (Å²) in [7, 11) is 0. The highest BCUT2D eigenvalue weighted by Crippen LogP contribution is 2.15. The second-order valence-electron chi connectivity index (χ2n) is 3.50. The Bertz CT molecular complexity index is 202. The average Bonchev–Trinajstić information content (AvgIpc) is 2.15. The average molecular weight is 216 g/mol. The van der Waals surface area contributed by atoms with Gasteiger partial charge in [0, 0.05) is 18.5 Å². The minimum Gasteiger partial charge on any atom is -0.550 e. The minimum absolute atomic E-state index is 0.0405. The second-order valence-corrected chi connectivity index (χ2v) is 3.50. The third-order valence-electron chi connectivity index (χ3n) is 2.23. The van der Waals surface area contributed by atoms with E-state index in [1.54, 1.807) is 0 Å². The molecule has 0 aromatic carbocycles. The van der Waals surface area contributed by atoms with Crippen LogP contribution in [-0.4, -0.2) is 23.7 Å². The van der Waals surface area contributed by atoms with Gasteiger partial charge in [0.15, 0.2) is 0 Å². The van der Waals surface area contributed by atoms with Crippen LogP contribution in [0.3, 0.4) is 0 Å². The quantitative estimate of drug-likeness (QED) is 0.469. The third kappa shape index (κ3) is 7.93. The van der Waals surface area contributed by atoms with Gasteiger partial charge in [0.1, 0.15) is 0 Å². The lowest BCUT2D eigenvalue weighted by Crippen LogP contribution is -2.31. The largest absolute Gasteiger partial charge is 0.550 e. The third-order valence-corrected chi connectivity index (χ3v) is 2.23. The predicted octanol–water partition coefficient (Wildman–Crippen LogP) is -1.56. The standard InChI is InChI=1S/C10H18O5/c11-7-2-1-4-8(10(14)15)5-3-6-9(12)13/h8,11H,1-7H2,(H,12,13)(H,14,15)/p-2. The Hall–Kier alpha value is -1.10. The number of carboxylic acid groups (broad SMARTS) is 2. The molecule has 0 aliphatic carbocycles. The Labute approximate surface area is 88.7 Å². The SMILES string of the molecule is O=C([O-])CCCC(CCCCO)C(=O)[O-]. The Morgan fingerprint density at radius 1 is 1.07 bits per heavy atom. The van der Waals surface area contributed by atoms with E-state index in [2.05, 4.69) is 0 Å². The maximum Gasteiger partial charge on any atom is 0.0445 e. The van der Waals surface area contributed by atoms with Crippen molar-refractivity contribution in [3.63, 3.8) is 0 Å². The maximum absolute atomic E-state index is 10.6. The van der Waals surface area contributed by atoms with Crippen LogP contribution in [0.2, 0.25) is 0 Å². The highest BCUT2D eigenvalue weighted by atomic mass is 16.4. The molecule has 0 aliphatic heterocycles. The minimum atomic E-state index is -1.16. The van der Waals surface area contributed by atoms with Gasteiger partial charge in [0.2, 0.25) is 0 Å². The lowest BCUT2D eigenvalue weighted by atomic mass is 9.96. The van der Waals surface area contributed by atoms with Crippen molar-refractivity contribution in [2.24, 2.45) is 5.92 Å². The fraction of sp³-hybridized carbons (Fsp3) is 0.800. The van der Waals surface area contributed by atoms with Crippen LogP contribution < -0.4 is 10.2 Å². The summed E-state index contributed by atoms with van der Waals surface area (Å²) >= 11 is 0. The number of aliphatic hydroxyl groups excluding tert-OH is 1. The lowest BCUT2D eigenvalue weighted by molar-refractivity contribution is -0.313. The molecule has 0 aromatic rings. The van der Waals surface area contributed by atoms with Crippen molar-refractivity contribution in [1.82, 2.24) is 0 Å². The molecule has 0 heterocycles. The summed E-state index contributed by atoms with van der Waals surface area (Å²) in [6.07, 6.45) is 2.06. The molecule has 1 unspecified atom stereocenters. The molecule has 0 bridgehead atoms. The number of unbranched alkanes of at least 4 members (excludes halogenated alkanes) is 1. The number of rotatable bonds is 9. The first-order chi connectivity index (χ1) is 7.07. The number of hydrogen-bond acceptors (Lipinski definition) is 5. The number of carbonyl (C=O) groups excluding carboxylic acids is 2. The van der Waals surface area contributed by atoms with E-state index >= 15 is 0 Å². The Balaban J connectivity index is 3.73. The zero-order chi connectivity index (χ0) is 11.7. The summed E-state index contributed by atoms with van der Waals surface area (Å²) in [5.74, 6) is -2.93.